The summed E-state index contributed by atoms with van der Waals surface area (Å²) in [6, 6.07) is 7.21. The Labute approximate surface area is 256 Å². The first kappa shape index (κ1) is 30.9. The molecule has 0 radical (unpaired) electrons. The van der Waals surface area contributed by atoms with Gasteiger partial charge in [0.25, 0.3) is 0 Å². The Morgan fingerprint density at radius 1 is 1.09 bits per heavy atom. The van der Waals surface area contributed by atoms with Crippen LogP contribution >= 0.6 is 11.6 Å². The molecule has 43 heavy (non-hydrogen) atoms. The number of anilines is 4. The van der Waals surface area contributed by atoms with Gasteiger partial charge in [0.2, 0.25) is 16.0 Å². The minimum atomic E-state index is -3.96. The van der Waals surface area contributed by atoms with Crippen molar-refractivity contribution >= 4 is 50.8 Å². The van der Waals surface area contributed by atoms with Crippen LogP contribution in [0.5, 0.6) is 0 Å². The van der Waals surface area contributed by atoms with Crippen LogP contribution in [-0.4, -0.2) is 66.5 Å². The molecule has 1 aliphatic carbocycles. The van der Waals surface area contributed by atoms with E-state index in [1.807, 2.05) is 13.8 Å². The van der Waals surface area contributed by atoms with E-state index in [-0.39, 0.29) is 41.7 Å². The van der Waals surface area contributed by atoms with E-state index in [0.29, 0.717) is 22.8 Å². The zero-order chi connectivity index (χ0) is 30.9. The van der Waals surface area contributed by atoms with Crippen LogP contribution in [0.1, 0.15) is 50.8 Å². The van der Waals surface area contributed by atoms with Crippen molar-refractivity contribution in [1.82, 2.24) is 19.9 Å². The van der Waals surface area contributed by atoms with E-state index in [0.717, 1.165) is 37.3 Å². The molecule has 230 valence electrons. The highest BCUT2D eigenvalue weighted by atomic mass is 35.5. The molecule has 2 aliphatic rings. The predicted molar refractivity (Wildman–Crippen MR) is 166 cm³/mol. The lowest BCUT2D eigenvalue weighted by Crippen LogP contribution is -2.51. The molecule has 1 fully saturated rings. The highest BCUT2D eigenvalue weighted by Crippen LogP contribution is 2.34. The van der Waals surface area contributed by atoms with Crippen molar-refractivity contribution in [2.24, 2.45) is 0 Å². The minimum absolute atomic E-state index is 0.137. The van der Waals surface area contributed by atoms with Gasteiger partial charge in [0.15, 0.2) is 0 Å². The third-order valence-electron chi connectivity index (χ3n) is 7.77. The number of pyridine rings is 1. The topological polar surface area (TPSA) is 124 Å². The molecule has 3 aromatic rings. The van der Waals surface area contributed by atoms with Crippen molar-refractivity contribution in [2.45, 2.75) is 70.0 Å². The number of hydrogen-bond acceptors (Lipinski definition) is 8. The molecule has 2 N–H and O–H groups in total. The normalized spacial score (nSPS) is 19.1. The molecule has 0 unspecified atom stereocenters. The number of halogens is 2. The summed E-state index contributed by atoms with van der Waals surface area (Å²) in [5, 5.41) is 3.83. The smallest absolute Gasteiger partial charge is 0.330 e. The third kappa shape index (κ3) is 7.16. The van der Waals surface area contributed by atoms with Gasteiger partial charge in [-0.3, -0.25) is 19.5 Å². The van der Waals surface area contributed by atoms with Gasteiger partial charge in [0, 0.05) is 41.8 Å². The lowest BCUT2D eigenvalue weighted by atomic mass is 9.91. The lowest BCUT2D eigenvalue weighted by Gasteiger charge is -2.38. The van der Waals surface area contributed by atoms with Crippen LogP contribution < -0.4 is 19.8 Å². The molecule has 0 saturated heterocycles. The second-order valence-corrected chi connectivity index (χ2v) is 13.6. The van der Waals surface area contributed by atoms with Crippen molar-refractivity contribution in [3.05, 3.63) is 64.8 Å². The molecular weight excluding hydrogens is 595 g/mol. The van der Waals surface area contributed by atoms with Crippen molar-refractivity contribution in [1.29, 1.82) is 0 Å². The summed E-state index contributed by atoms with van der Waals surface area (Å²) in [6.07, 6.45) is 7.26. The molecule has 14 heteroatoms. The van der Waals surface area contributed by atoms with Gasteiger partial charge < -0.3 is 10.2 Å². The highest BCUT2D eigenvalue weighted by molar-refractivity contribution is 7.91. The molecule has 1 aromatic carbocycles. The number of carbonyl (C=O) groups excluding carboxylic acids is 1. The number of rotatable bonds is 9. The van der Waals surface area contributed by atoms with Gasteiger partial charge in [-0.2, -0.15) is 4.98 Å². The maximum absolute atomic E-state index is 15.2. The number of benzene rings is 1. The van der Waals surface area contributed by atoms with Crippen LogP contribution in [0.2, 0.25) is 5.02 Å². The monoisotopic (exact) mass is 630 g/mol. The first-order chi connectivity index (χ1) is 20.4. The number of sulfonamides is 1. The molecule has 0 bridgehead atoms. The van der Waals surface area contributed by atoms with Crippen molar-refractivity contribution < 1.29 is 17.6 Å². The molecule has 1 saturated carbocycles. The number of aromatic nitrogens is 3. The Kier molecular flexibility index (Phi) is 9.04. The van der Waals surface area contributed by atoms with Gasteiger partial charge in [0.05, 0.1) is 22.9 Å². The molecule has 3 heterocycles. The van der Waals surface area contributed by atoms with Gasteiger partial charge in [-0.15, -0.1) is 0 Å². The van der Waals surface area contributed by atoms with E-state index in [4.69, 9.17) is 16.6 Å². The molecule has 0 spiro atoms. The molecule has 0 atom stereocenters. The van der Waals surface area contributed by atoms with Crippen molar-refractivity contribution in [3.63, 3.8) is 0 Å². The summed E-state index contributed by atoms with van der Waals surface area (Å²) >= 11 is 5.81. The number of hydrogen-bond donors (Lipinski definition) is 2. The van der Waals surface area contributed by atoms with Crippen LogP contribution in [0.25, 0.3) is 0 Å². The second-order valence-electron chi connectivity index (χ2n) is 11.5. The number of carbonyl (C=O) groups is 1. The Bertz CT molecular complexity index is 1580. The van der Waals surface area contributed by atoms with Gasteiger partial charge in [-0.1, -0.05) is 11.6 Å². The fraction of sp³-hybridized carbons (Fsp3) is 0.448. The maximum Gasteiger partial charge on any atom is 0.330 e. The number of urea groups is 1. The average molecular weight is 631 g/mol. The second kappa shape index (κ2) is 12.6. The number of amides is 2. The quantitative estimate of drug-likeness (QED) is 0.329. The zero-order valence-corrected chi connectivity index (χ0v) is 26.2. The number of nitrogens with one attached hydrogen (secondary N) is 2. The summed E-state index contributed by atoms with van der Waals surface area (Å²) in [5.41, 5.74) is 1.02. The largest absolute Gasteiger partial charge is 0.351 e. The first-order valence-corrected chi connectivity index (χ1v) is 16.2. The maximum atomic E-state index is 15.2. The first-order valence-electron chi connectivity index (χ1n) is 14.2. The Morgan fingerprint density at radius 3 is 2.47 bits per heavy atom. The highest BCUT2D eigenvalue weighted by Gasteiger charge is 2.35. The molecule has 11 nitrogen and oxygen atoms in total. The minimum Gasteiger partial charge on any atom is -0.351 e. The van der Waals surface area contributed by atoms with Gasteiger partial charge in [0.1, 0.15) is 17.4 Å². The Morgan fingerprint density at radius 2 is 1.84 bits per heavy atom. The summed E-state index contributed by atoms with van der Waals surface area (Å²) in [4.78, 5) is 32.2. The Hall–Kier alpha value is -3.55. The predicted octanol–water partition coefficient (Wildman–Crippen LogP) is 5.25. The number of nitrogens with zero attached hydrogens (tertiary/aromatic N) is 6. The van der Waals surface area contributed by atoms with Crippen LogP contribution in [0, 0.1) is 5.82 Å². The lowest BCUT2D eigenvalue weighted by molar-refractivity contribution is 0.221. The van der Waals surface area contributed by atoms with Gasteiger partial charge >= 0.3 is 6.03 Å². The molecule has 2 amide bonds. The van der Waals surface area contributed by atoms with Crippen LogP contribution in [-0.2, 0) is 22.3 Å². The Balaban J connectivity index is 1.32. The van der Waals surface area contributed by atoms with Gasteiger partial charge in [-0.05, 0) is 84.0 Å². The van der Waals surface area contributed by atoms with Crippen LogP contribution in [0.15, 0.2) is 42.7 Å². The summed E-state index contributed by atoms with van der Waals surface area (Å²) in [5.74, 6) is -0.268. The third-order valence-corrected chi connectivity index (χ3v) is 9.20. The molecule has 5 rings (SSSR count). The molecular formula is C29H36ClFN8O3S. The average Bonchev–Trinajstić information content (AvgIpc) is 2.95. The van der Waals surface area contributed by atoms with E-state index < -0.39 is 21.6 Å². The zero-order valence-electron chi connectivity index (χ0n) is 24.6. The van der Waals surface area contributed by atoms with E-state index in [2.05, 4.69) is 39.0 Å². The van der Waals surface area contributed by atoms with Crippen molar-refractivity contribution in [3.8, 4) is 0 Å². The number of fused-ring (bicyclic) bond motifs is 1. The summed E-state index contributed by atoms with van der Waals surface area (Å²) in [7, 11) is 0.257. The van der Waals surface area contributed by atoms with E-state index in [9.17, 15) is 13.2 Å². The SMILES string of the molecule is CC(C)N1C(=O)N(c2ccc(NS(=O)(=O)Cc3ccc(Cl)cn3)c(F)c2)Cc2cnc(NC3CCC(N(C)C)CC3)nc21. The van der Waals surface area contributed by atoms with E-state index >= 15 is 4.39 Å². The van der Waals surface area contributed by atoms with Gasteiger partial charge in [-0.25, -0.2) is 22.6 Å². The van der Waals surface area contributed by atoms with Crippen molar-refractivity contribution in [2.75, 3.05) is 33.9 Å². The summed E-state index contributed by atoms with van der Waals surface area (Å²) in [6.45, 7) is 3.91. The van der Waals surface area contributed by atoms with E-state index in [1.165, 1.54) is 35.4 Å². The van der Waals surface area contributed by atoms with Crippen LogP contribution in [0.4, 0.5) is 32.3 Å². The standard InChI is InChI=1S/C29H36ClFN8O3S/c1-18(2)39-27-19(14-33-28(35-27)34-21-7-9-23(10-8-21)37(3)4)16-38(29(39)40)24-11-12-26(25(31)13-24)36-43(41,42)17-22-6-5-20(30)15-32-22/h5-6,11-15,18,21,23,36H,7-10,16-17H2,1-4H3,(H,33,34,35). The fourth-order valence-electron chi connectivity index (χ4n) is 5.48. The van der Waals surface area contributed by atoms with E-state index in [1.54, 1.807) is 11.1 Å². The molecule has 2 aromatic heterocycles. The summed E-state index contributed by atoms with van der Waals surface area (Å²) < 4.78 is 42.8. The van der Waals surface area contributed by atoms with Crippen LogP contribution in [0.3, 0.4) is 0 Å². The molecule has 1 aliphatic heterocycles. The fourth-order valence-corrected chi connectivity index (χ4v) is 6.72.